The summed E-state index contributed by atoms with van der Waals surface area (Å²) in [4.78, 5) is 7.47. The van der Waals surface area contributed by atoms with Gasteiger partial charge in [-0.15, -0.1) is 0 Å². The first-order valence-corrected chi connectivity index (χ1v) is 5.69. The maximum Gasteiger partial charge on any atom is 0.222 e. The summed E-state index contributed by atoms with van der Waals surface area (Å²) in [5.41, 5.74) is 5.43. The molecule has 1 aliphatic carbocycles. The Labute approximate surface area is 94.5 Å². The Kier molecular flexibility index (Phi) is 3.22. The van der Waals surface area contributed by atoms with E-state index in [4.69, 9.17) is 5.73 Å². The van der Waals surface area contributed by atoms with Gasteiger partial charge < -0.3 is 11.1 Å². The summed E-state index contributed by atoms with van der Waals surface area (Å²) in [5, 5.41) is 3.11. The highest BCUT2D eigenvalue weighted by atomic mass is 19.1. The molecule has 88 valence electrons. The maximum atomic E-state index is 13.4. The van der Waals surface area contributed by atoms with E-state index >= 15 is 0 Å². The normalized spacial score (nSPS) is 25.4. The number of aromatic nitrogens is 2. The highest BCUT2D eigenvalue weighted by Crippen LogP contribution is 2.26. The fourth-order valence-electron chi connectivity index (χ4n) is 2.24. The highest BCUT2D eigenvalue weighted by Gasteiger charge is 2.20. The van der Waals surface area contributed by atoms with Crippen molar-refractivity contribution in [2.45, 2.75) is 38.6 Å². The summed E-state index contributed by atoms with van der Waals surface area (Å²) in [7, 11) is 0. The van der Waals surface area contributed by atoms with Crippen LogP contribution in [-0.4, -0.2) is 16.0 Å². The molecule has 0 saturated heterocycles. The molecule has 0 bridgehead atoms. The SMILES string of the molecule is CC1CCCC(Nc2nc(N)ncc2F)C1. The fraction of sp³-hybridized carbons (Fsp3) is 0.636. The standard InChI is InChI=1S/C11H17FN4/c1-7-3-2-4-8(5-7)15-10-9(12)6-14-11(13)16-10/h6-8H,2-5H2,1H3,(H3,13,14,15,16). The van der Waals surface area contributed by atoms with Gasteiger partial charge in [-0.05, 0) is 18.8 Å². The van der Waals surface area contributed by atoms with E-state index in [1.807, 2.05) is 0 Å². The average molecular weight is 224 g/mol. The topological polar surface area (TPSA) is 63.8 Å². The van der Waals surface area contributed by atoms with Crippen molar-refractivity contribution in [1.82, 2.24) is 9.97 Å². The van der Waals surface area contributed by atoms with Gasteiger partial charge in [0, 0.05) is 6.04 Å². The number of nitrogens with one attached hydrogen (secondary N) is 1. The van der Waals surface area contributed by atoms with Crippen LogP contribution < -0.4 is 11.1 Å². The Morgan fingerprint density at radius 2 is 2.31 bits per heavy atom. The van der Waals surface area contributed by atoms with E-state index in [2.05, 4.69) is 22.2 Å². The minimum atomic E-state index is -0.438. The molecule has 0 spiro atoms. The molecule has 1 heterocycles. The lowest BCUT2D eigenvalue weighted by atomic mass is 9.87. The second-order valence-electron chi connectivity index (χ2n) is 4.54. The molecule has 5 heteroatoms. The quantitative estimate of drug-likeness (QED) is 0.808. The molecule has 4 nitrogen and oxygen atoms in total. The largest absolute Gasteiger partial charge is 0.368 e. The van der Waals surface area contributed by atoms with Gasteiger partial charge in [-0.3, -0.25) is 0 Å². The van der Waals surface area contributed by atoms with Gasteiger partial charge in [0.25, 0.3) is 0 Å². The van der Waals surface area contributed by atoms with Crippen LogP contribution in [0.4, 0.5) is 16.2 Å². The molecule has 1 aromatic rings. The summed E-state index contributed by atoms with van der Waals surface area (Å²) < 4.78 is 13.4. The van der Waals surface area contributed by atoms with Crippen LogP contribution in [0.3, 0.4) is 0 Å². The van der Waals surface area contributed by atoms with Crippen molar-refractivity contribution >= 4 is 11.8 Å². The molecule has 1 fully saturated rings. The second-order valence-corrected chi connectivity index (χ2v) is 4.54. The van der Waals surface area contributed by atoms with Crippen molar-refractivity contribution < 1.29 is 4.39 Å². The van der Waals surface area contributed by atoms with Gasteiger partial charge >= 0.3 is 0 Å². The molecular formula is C11H17FN4. The summed E-state index contributed by atoms with van der Waals surface area (Å²) in [6.07, 6.45) is 5.67. The molecule has 16 heavy (non-hydrogen) atoms. The first kappa shape index (κ1) is 11.1. The van der Waals surface area contributed by atoms with Gasteiger partial charge in [0.1, 0.15) is 0 Å². The molecule has 1 saturated carbocycles. The van der Waals surface area contributed by atoms with Crippen LogP contribution in [-0.2, 0) is 0 Å². The fourth-order valence-corrected chi connectivity index (χ4v) is 2.24. The van der Waals surface area contributed by atoms with E-state index in [0.717, 1.165) is 19.0 Å². The van der Waals surface area contributed by atoms with E-state index in [0.29, 0.717) is 12.0 Å². The molecule has 3 N–H and O–H groups in total. The molecule has 2 unspecified atom stereocenters. The molecule has 1 aromatic heterocycles. The summed E-state index contributed by atoms with van der Waals surface area (Å²) >= 11 is 0. The van der Waals surface area contributed by atoms with Crippen molar-refractivity contribution in [3.63, 3.8) is 0 Å². The number of nitrogen functional groups attached to an aromatic ring is 1. The van der Waals surface area contributed by atoms with Crippen molar-refractivity contribution in [1.29, 1.82) is 0 Å². The average Bonchev–Trinajstić information content (AvgIpc) is 2.24. The Morgan fingerprint density at radius 1 is 1.50 bits per heavy atom. The Bertz CT molecular complexity index is 369. The third kappa shape index (κ3) is 2.59. The number of anilines is 2. The molecule has 2 atom stereocenters. The molecular weight excluding hydrogens is 207 g/mol. The van der Waals surface area contributed by atoms with E-state index in [-0.39, 0.29) is 11.8 Å². The summed E-state index contributed by atoms with van der Waals surface area (Å²) in [5.74, 6) is 0.584. The predicted octanol–water partition coefficient (Wildman–Crippen LogP) is 2.19. The van der Waals surface area contributed by atoms with E-state index < -0.39 is 5.82 Å². The van der Waals surface area contributed by atoms with Crippen molar-refractivity contribution in [3.8, 4) is 0 Å². The molecule has 0 aliphatic heterocycles. The number of nitrogens with zero attached hydrogens (tertiary/aromatic N) is 2. The van der Waals surface area contributed by atoms with E-state index in [1.54, 1.807) is 0 Å². The van der Waals surface area contributed by atoms with Crippen LogP contribution in [0.25, 0.3) is 0 Å². The number of hydrogen-bond donors (Lipinski definition) is 2. The van der Waals surface area contributed by atoms with Gasteiger partial charge in [0.05, 0.1) is 6.20 Å². The van der Waals surface area contributed by atoms with Crippen molar-refractivity contribution in [2.75, 3.05) is 11.1 Å². The lowest BCUT2D eigenvalue weighted by Crippen LogP contribution is -2.27. The second kappa shape index (κ2) is 4.63. The monoisotopic (exact) mass is 224 g/mol. The zero-order chi connectivity index (χ0) is 11.5. The molecule has 0 aromatic carbocycles. The lowest BCUT2D eigenvalue weighted by molar-refractivity contribution is 0.357. The smallest absolute Gasteiger partial charge is 0.222 e. The van der Waals surface area contributed by atoms with Crippen LogP contribution in [0.2, 0.25) is 0 Å². The van der Waals surface area contributed by atoms with Gasteiger partial charge in [-0.1, -0.05) is 19.8 Å². The molecule has 1 aliphatic rings. The van der Waals surface area contributed by atoms with Crippen LogP contribution in [0.1, 0.15) is 32.6 Å². The van der Waals surface area contributed by atoms with Crippen LogP contribution in [0.5, 0.6) is 0 Å². The number of nitrogens with two attached hydrogens (primary N) is 1. The summed E-state index contributed by atoms with van der Waals surface area (Å²) in [6, 6.07) is 0.299. The number of rotatable bonds is 2. The van der Waals surface area contributed by atoms with Crippen molar-refractivity contribution in [3.05, 3.63) is 12.0 Å². The first-order valence-electron chi connectivity index (χ1n) is 5.69. The maximum absolute atomic E-state index is 13.4. The molecule has 0 amide bonds. The van der Waals surface area contributed by atoms with E-state index in [9.17, 15) is 4.39 Å². The summed E-state index contributed by atoms with van der Waals surface area (Å²) in [6.45, 7) is 2.22. The van der Waals surface area contributed by atoms with Crippen LogP contribution >= 0.6 is 0 Å². The number of halogens is 1. The highest BCUT2D eigenvalue weighted by molar-refractivity contribution is 5.40. The minimum absolute atomic E-state index is 0.104. The van der Waals surface area contributed by atoms with Crippen LogP contribution in [0, 0.1) is 11.7 Å². The Balaban J connectivity index is 2.05. The predicted molar refractivity (Wildman–Crippen MR) is 61.4 cm³/mol. The Hall–Kier alpha value is -1.39. The van der Waals surface area contributed by atoms with Crippen LogP contribution in [0.15, 0.2) is 6.20 Å². The zero-order valence-corrected chi connectivity index (χ0v) is 9.41. The number of hydrogen-bond acceptors (Lipinski definition) is 4. The minimum Gasteiger partial charge on any atom is -0.368 e. The van der Waals surface area contributed by atoms with Gasteiger partial charge in [0.2, 0.25) is 5.95 Å². The zero-order valence-electron chi connectivity index (χ0n) is 9.41. The third-order valence-corrected chi connectivity index (χ3v) is 3.04. The van der Waals surface area contributed by atoms with Gasteiger partial charge in [-0.25, -0.2) is 9.37 Å². The Morgan fingerprint density at radius 3 is 3.06 bits per heavy atom. The van der Waals surface area contributed by atoms with E-state index in [1.165, 1.54) is 12.8 Å². The first-order chi connectivity index (χ1) is 7.65. The van der Waals surface area contributed by atoms with Crippen molar-refractivity contribution in [2.24, 2.45) is 5.92 Å². The third-order valence-electron chi connectivity index (χ3n) is 3.04. The van der Waals surface area contributed by atoms with Gasteiger partial charge in [0.15, 0.2) is 11.6 Å². The molecule has 0 radical (unpaired) electrons. The molecule has 2 rings (SSSR count). The lowest BCUT2D eigenvalue weighted by Gasteiger charge is -2.27. The van der Waals surface area contributed by atoms with Gasteiger partial charge in [-0.2, -0.15) is 4.98 Å².